The fourth-order valence-corrected chi connectivity index (χ4v) is 1.73. The van der Waals surface area contributed by atoms with Crippen molar-refractivity contribution >= 4 is 5.91 Å². The first-order valence-electron chi connectivity index (χ1n) is 4.75. The molecule has 2 heterocycles. The highest BCUT2D eigenvalue weighted by atomic mass is 16.5. The molecule has 1 aromatic heterocycles. The Morgan fingerprint density at radius 1 is 1.67 bits per heavy atom. The highest BCUT2D eigenvalue weighted by Crippen LogP contribution is 2.24. The number of aromatic nitrogens is 1. The second kappa shape index (κ2) is 3.86. The summed E-state index contributed by atoms with van der Waals surface area (Å²) in [6.07, 6.45) is 2.01. The Labute approximate surface area is 87.6 Å². The van der Waals surface area contributed by atoms with E-state index in [1.54, 1.807) is 19.4 Å². The van der Waals surface area contributed by atoms with Gasteiger partial charge in [-0.05, 0) is 11.6 Å². The lowest BCUT2D eigenvalue weighted by Crippen LogP contribution is -2.28. The maximum absolute atomic E-state index is 11.2. The van der Waals surface area contributed by atoms with E-state index in [0.29, 0.717) is 12.3 Å². The highest BCUT2D eigenvalue weighted by molar-refractivity contribution is 5.80. The summed E-state index contributed by atoms with van der Waals surface area (Å²) in [6, 6.07) is 3.31. The van der Waals surface area contributed by atoms with Crippen LogP contribution in [-0.4, -0.2) is 24.0 Å². The number of hydrogen-bond acceptors (Lipinski definition) is 4. The number of pyridine rings is 1. The summed E-state index contributed by atoms with van der Waals surface area (Å²) in [4.78, 5) is 15.2. The zero-order valence-corrected chi connectivity index (χ0v) is 8.43. The van der Waals surface area contributed by atoms with Gasteiger partial charge in [0.2, 0.25) is 11.8 Å². The fourth-order valence-electron chi connectivity index (χ4n) is 1.73. The van der Waals surface area contributed by atoms with E-state index in [1.165, 1.54) is 0 Å². The molecule has 0 aliphatic carbocycles. The highest BCUT2D eigenvalue weighted by Gasteiger charge is 2.30. The van der Waals surface area contributed by atoms with Crippen LogP contribution >= 0.6 is 0 Å². The Bertz CT molecular complexity index is 381. The summed E-state index contributed by atoms with van der Waals surface area (Å²) in [5.41, 5.74) is 6.78. The van der Waals surface area contributed by atoms with Crippen LogP contribution in [-0.2, 0) is 4.79 Å². The zero-order chi connectivity index (χ0) is 10.8. The van der Waals surface area contributed by atoms with E-state index in [-0.39, 0.29) is 18.0 Å². The maximum Gasteiger partial charge on any atom is 0.222 e. The summed E-state index contributed by atoms with van der Waals surface area (Å²) < 4.78 is 5.01. The second-order valence-corrected chi connectivity index (χ2v) is 3.54. The normalized spacial score (nSPS) is 25.1. The summed E-state index contributed by atoms with van der Waals surface area (Å²) in [5.74, 6) is 0.518. The molecule has 5 heteroatoms. The van der Waals surface area contributed by atoms with Gasteiger partial charge in [-0.3, -0.25) is 4.79 Å². The van der Waals surface area contributed by atoms with Crippen LogP contribution in [0.1, 0.15) is 18.0 Å². The Kier molecular flexibility index (Phi) is 2.55. The standard InChI is InChI=1S/C10H13N3O2/c1-15-9-4-6(2-3-12-9)10-7(11)5-8(14)13-10/h2-4,7,10H,5,11H2,1H3,(H,13,14)/t7-,10?/m0/s1. The van der Waals surface area contributed by atoms with Crippen molar-refractivity contribution in [1.29, 1.82) is 0 Å². The van der Waals surface area contributed by atoms with Gasteiger partial charge in [-0.15, -0.1) is 0 Å². The molecule has 1 aliphatic rings. The van der Waals surface area contributed by atoms with Crippen molar-refractivity contribution in [2.24, 2.45) is 5.73 Å². The lowest BCUT2D eigenvalue weighted by molar-refractivity contribution is -0.119. The minimum Gasteiger partial charge on any atom is -0.481 e. The smallest absolute Gasteiger partial charge is 0.222 e. The Morgan fingerprint density at radius 2 is 2.47 bits per heavy atom. The van der Waals surface area contributed by atoms with Crippen molar-refractivity contribution in [2.45, 2.75) is 18.5 Å². The zero-order valence-electron chi connectivity index (χ0n) is 8.43. The SMILES string of the molecule is COc1cc(C2NC(=O)C[C@@H]2N)ccn1. The molecule has 0 saturated carbocycles. The Balaban J connectivity index is 2.25. The summed E-state index contributed by atoms with van der Waals surface area (Å²) in [6.45, 7) is 0. The predicted molar refractivity (Wildman–Crippen MR) is 54.3 cm³/mol. The molecule has 1 amide bonds. The lowest BCUT2D eigenvalue weighted by Gasteiger charge is -2.15. The minimum absolute atomic E-state index is 0.0109. The molecule has 5 nitrogen and oxygen atoms in total. The van der Waals surface area contributed by atoms with E-state index < -0.39 is 0 Å². The molecular formula is C10H13N3O2. The summed E-state index contributed by atoms with van der Waals surface area (Å²) in [5, 5.41) is 2.82. The van der Waals surface area contributed by atoms with E-state index in [4.69, 9.17) is 10.5 Å². The molecule has 2 rings (SSSR count). The van der Waals surface area contributed by atoms with Crippen LogP contribution in [0.4, 0.5) is 0 Å². The number of carbonyl (C=O) groups excluding carboxylic acids is 1. The van der Waals surface area contributed by atoms with Crippen LogP contribution < -0.4 is 15.8 Å². The molecule has 15 heavy (non-hydrogen) atoms. The number of nitrogens with one attached hydrogen (secondary N) is 1. The van der Waals surface area contributed by atoms with Crippen LogP contribution in [0.15, 0.2) is 18.3 Å². The lowest BCUT2D eigenvalue weighted by atomic mass is 10.0. The number of nitrogens with zero attached hydrogens (tertiary/aromatic N) is 1. The van der Waals surface area contributed by atoms with Gasteiger partial charge in [-0.1, -0.05) is 0 Å². The largest absolute Gasteiger partial charge is 0.481 e. The fraction of sp³-hybridized carbons (Fsp3) is 0.400. The molecule has 1 aliphatic heterocycles. The van der Waals surface area contributed by atoms with Crippen molar-refractivity contribution in [2.75, 3.05) is 7.11 Å². The van der Waals surface area contributed by atoms with Crippen LogP contribution in [0, 0.1) is 0 Å². The molecule has 80 valence electrons. The number of methoxy groups -OCH3 is 1. The average Bonchev–Trinajstić information content (AvgIpc) is 2.58. The number of carbonyl (C=O) groups is 1. The van der Waals surface area contributed by atoms with E-state index in [9.17, 15) is 4.79 Å². The molecule has 1 unspecified atom stereocenters. The van der Waals surface area contributed by atoms with Gasteiger partial charge in [-0.25, -0.2) is 4.98 Å². The van der Waals surface area contributed by atoms with Crippen LogP contribution in [0.5, 0.6) is 5.88 Å². The first-order valence-corrected chi connectivity index (χ1v) is 4.75. The molecule has 0 spiro atoms. The van der Waals surface area contributed by atoms with Crippen LogP contribution in [0.2, 0.25) is 0 Å². The van der Waals surface area contributed by atoms with Crippen molar-refractivity contribution in [3.05, 3.63) is 23.9 Å². The first kappa shape index (κ1) is 9.92. The monoisotopic (exact) mass is 207 g/mol. The van der Waals surface area contributed by atoms with Gasteiger partial charge < -0.3 is 15.8 Å². The molecule has 1 aromatic rings. The van der Waals surface area contributed by atoms with Crippen molar-refractivity contribution < 1.29 is 9.53 Å². The van der Waals surface area contributed by atoms with Crippen molar-refractivity contribution in [3.63, 3.8) is 0 Å². The molecule has 1 saturated heterocycles. The third-order valence-electron chi connectivity index (χ3n) is 2.49. The van der Waals surface area contributed by atoms with Gasteiger partial charge >= 0.3 is 0 Å². The Hall–Kier alpha value is -1.62. The molecule has 3 N–H and O–H groups in total. The number of ether oxygens (including phenoxy) is 1. The molecular weight excluding hydrogens is 194 g/mol. The molecule has 0 bridgehead atoms. The van der Waals surface area contributed by atoms with E-state index in [1.807, 2.05) is 6.07 Å². The summed E-state index contributed by atoms with van der Waals surface area (Å²) in [7, 11) is 1.55. The average molecular weight is 207 g/mol. The second-order valence-electron chi connectivity index (χ2n) is 3.54. The molecule has 1 fully saturated rings. The van der Waals surface area contributed by atoms with Gasteiger partial charge in [0.25, 0.3) is 0 Å². The van der Waals surface area contributed by atoms with Gasteiger partial charge in [-0.2, -0.15) is 0 Å². The molecule has 0 radical (unpaired) electrons. The summed E-state index contributed by atoms with van der Waals surface area (Å²) >= 11 is 0. The van der Waals surface area contributed by atoms with Gasteiger partial charge in [0.1, 0.15) is 0 Å². The maximum atomic E-state index is 11.2. The first-order chi connectivity index (χ1) is 7.20. The third-order valence-corrected chi connectivity index (χ3v) is 2.49. The number of hydrogen-bond donors (Lipinski definition) is 2. The number of rotatable bonds is 2. The predicted octanol–water partition coefficient (Wildman–Crippen LogP) is -0.0215. The third kappa shape index (κ3) is 1.92. The quantitative estimate of drug-likeness (QED) is 0.714. The van der Waals surface area contributed by atoms with Gasteiger partial charge in [0, 0.05) is 24.7 Å². The van der Waals surface area contributed by atoms with Crippen molar-refractivity contribution in [3.8, 4) is 5.88 Å². The van der Waals surface area contributed by atoms with E-state index in [2.05, 4.69) is 10.3 Å². The number of amides is 1. The molecule has 0 aromatic carbocycles. The van der Waals surface area contributed by atoms with Crippen molar-refractivity contribution in [1.82, 2.24) is 10.3 Å². The molecule has 2 atom stereocenters. The van der Waals surface area contributed by atoms with E-state index >= 15 is 0 Å². The van der Waals surface area contributed by atoms with Gasteiger partial charge in [0.05, 0.1) is 13.2 Å². The Morgan fingerprint density at radius 3 is 3.07 bits per heavy atom. The van der Waals surface area contributed by atoms with E-state index in [0.717, 1.165) is 5.56 Å². The number of nitrogens with two attached hydrogens (primary N) is 1. The topological polar surface area (TPSA) is 77.2 Å². The van der Waals surface area contributed by atoms with Crippen LogP contribution in [0.25, 0.3) is 0 Å². The van der Waals surface area contributed by atoms with Crippen LogP contribution in [0.3, 0.4) is 0 Å². The minimum atomic E-state index is -0.176. The van der Waals surface area contributed by atoms with Gasteiger partial charge in [0.15, 0.2) is 0 Å².